The van der Waals surface area contributed by atoms with Crippen molar-refractivity contribution in [1.29, 1.82) is 0 Å². The lowest BCUT2D eigenvalue weighted by Crippen LogP contribution is -2.20. The minimum Gasteiger partial charge on any atom is -0.496 e. The minimum absolute atomic E-state index is 0.275. The summed E-state index contributed by atoms with van der Waals surface area (Å²) < 4.78 is 50.4. The van der Waals surface area contributed by atoms with Crippen LogP contribution in [0.5, 0.6) is 11.5 Å². The molecular weight excluding hydrogens is 513 g/mol. The molecule has 2 heterocycles. The van der Waals surface area contributed by atoms with Gasteiger partial charge >= 0.3 is 12.1 Å². The van der Waals surface area contributed by atoms with Crippen LogP contribution in [-0.4, -0.2) is 52.0 Å². The standard InChI is InChI=1S/C25H22ClF3N4O4/c1-14-8-16-19(4-3-5-20(16)36-2)33(14)7-6-30-22-11-18(31-13-32-22)15-9-17(26)23(24(34)35)21(10-15)37-12-25(27,28)29/h3-5,8-11,13H,6-7,12H2,1-2H3,(H,34,35)(H,30,31,32). The molecule has 2 aromatic carbocycles. The number of nitrogens with zero attached hydrogens (tertiary/aromatic N) is 3. The zero-order valence-corrected chi connectivity index (χ0v) is 20.5. The molecule has 0 amide bonds. The van der Waals surface area contributed by atoms with Gasteiger partial charge < -0.3 is 24.5 Å². The van der Waals surface area contributed by atoms with Crippen LogP contribution in [0.3, 0.4) is 0 Å². The molecular formula is C25H22ClF3N4O4. The first-order valence-corrected chi connectivity index (χ1v) is 11.4. The Balaban J connectivity index is 1.54. The predicted molar refractivity (Wildman–Crippen MR) is 133 cm³/mol. The largest absolute Gasteiger partial charge is 0.496 e. The molecule has 0 saturated carbocycles. The molecule has 0 saturated heterocycles. The summed E-state index contributed by atoms with van der Waals surface area (Å²) in [6, 6.07) is 12.0. The number of hydrogen-bond acceptors (Lipinski definition) is 6. The number of carboxylic acid groups (broad SMARTS) is 1. The molecule has 4 rings (SSSR count). The Labute approximate surface area is 214 Å². The van der Waals surface area contributed by atoms with Crippen molar-refractivity contribution >= 4 is 34.3 Å². The van der Waals surface area contributed by atoms with Gasteiger partial charge in [0, 0.05) is 35.8 Å². The molecule has 4 aromatic rings. The van der Waals surface area contributed by atoms with Gasteiger partial charge in [-0.25, -0.2) is 14.8 Å². The number of carbonyl (C=O) groups is 1. The number of ether oxygens (including phenoxy) is 2. The molecule has 2 N–H and O–H groups in total. The van der Waals surface area contributed by atoms with E-state index < -0.39 is 30.1 Å². The maximum Gasteiger partial charge on any atom is 0.422 e. The summed E-state index contributed by atoms with van der Waals surface area (Å²) in [5.74, 6) is -0.762. The Bertz CT molecular complexity index is 1460. The van der Waals surface area contributed by atoms with E-state index in [1.165, 1.54) is 12.4 Å². The summed E-state index contributed by atoms with van der Waals surface area (Å²) in [7, 11) is 1.63. The van der Waals surface area contributed by atoms with E-state index in [0.29, 0.717) is 24.6 Å². The molecule has 0 aliphatic heterocycles. The Morgan fingerprint density at radius 1 is 1.16 bits per heavy atom. The third kappa shape index (κ3) is 5.88. The van der Waals surface area contributed by atoms with Crippen molar-refractivity contribution in [2.75, 3.05) is 25.6 Å². The van der Waals surface area contributed by atoms with E-state index in [0.717, 1.165) is 28.4 Å². The van der Waals surface area contributed by atoms with Gasteiger partial charge in [0.05, 0.1) is 23.3 Å². The maximum atomic E-state index is 12.7. The minimum atomic E-state index is -4.65. The van der Waals surface area contributed by atoms with Gasteiger partial charge in [0.1, 0.15) is 29.2 Å². The van der Waals surface area contributed by atoms with Gasteiger partial charge in [-0.1, -0.05) is 17.7 Å². The topological polar surface area (TPSA) is 98.5 Å². The number of aryl methyl sites for hydroxylation is 1. The van der Waals surface area contributed by atoms with Crippen molar-refractivity contribution < 1.29 is 32.5 Å². The first kappa shape index (κ1) is 26.1. The van der Waals surface area contributed by atoms with Crippen LogP contribution in [0.25, 0.3) is 22.2 Å². The van der Waals surface area contributed by atoms with E-state index in [-0.39, 0.29) is 10.6 Å². The van der Waals surface area contributed by atoms with E-state index in [2.05, 4.69) is 25.9 Å². The lowest BCUT2D eigenvalue weighted by molar-refractivity contribution is -0.153. The van der Waals surface area contributed by atoms with Crippen LogP contribution in [0.2, 0.25) is 5.02 Å². The summed E-state index contributed by atoms with van der Waals surface area (Å²) in [6.45, 7) is 1.47. The molecule has 0 unspecified atom stereocenters. The first-order chi connectivity index (χ1) is 17.6. The van der Waals surface area contributed by atoms with Crippen molar-refractivity contribution in [2.24, 2.45) is 0 Å². The number of rotatable bonds is 9. The highest BCUT2D eigenvalue weighted by molar-refractivity contribution is 6.34. The summed E-state index contributed by atoms with van der Waals surface area (Å²) in [4.78, 5) is 19.9. The molecule has 0 fully saturated rings. The van der Waals surface area contributed by atoms with Gasteiger partial charge in [0.15, 0.2) is 6.61 Å². The second-order valence-electron chi connectivity index (χ2n) is 8.09. The molecule has 0 atom stereocenters. The Morgan fingerprint density at radius 2 is 1.95 bits per heavy atom. The van der Waals surface area contributed by atoms with Gasteiger partial charge in [0.2, 0.25) is 0 Å². The smallest absolute Gasteiger partial charge is 0.422 e. The number of halogens is 4. The third-order valence-corrected chi connectivity index (χ3v) is 5.89. The van der Waals surface area contributed by atoms with E-state index in [1.807, 2.05) is 25.1 Å². The third-order valence-electron chi connectivity index (χ3n) is 5.60. The van der Waals surface area contributed by atoms with Crippen molar-refractivity contribution in [2.45, 2.75) is 19.6 Å². The van der Waals surface area contributed by atoms with Crippen molar-refractivity contribution in [3.05, 3.63) is 65.1 Å². The molecule has 12 heteroatoms. The average Bonchev–Trinajstić information content (AvgIpc) is 3.17. The SMILES string of the molecule is COc1cccc2c1cc(C)n2CCNc1cc(-c2cc(Cl)c(C(=O)O)c(OCC(F)(F)F)c2)ncn1. The van der Waals surface area contributed by atoms with Crippen LogP contribution in [0.4, 0.5) is 19.0 Å². The van der Waals surface area contributed by atoms with Gasteiger partial charge in [0.25, 0.3) is 0 Å². The number of alkyl halides is 3. The maximum absolute atomic E-state index is 12.7. The van der Waals surface area contributed by atoms with Crippen LogP contribution in [0, 0.1) is 6.92 Å². The van der Waals surface area contributed by atoms with Crippen LogP contribution in [-0.2, 0) is 6.54 Å². The fourth-order valence-electron chi connectivity index (χ4n) is 3.98. The first-order valence-electron chi connectivity index (χ1n) is 11.0. The second-order valence-corrected chi connectivity index (χ2v) is 8.49. The number of aromatic nitrogens is 3. The van der Waals surface area contributed by atoms with E-state index in [4.69, 9.17) is 21.1 Å². The number of carboxylic acids is 1. The van der Waals surface area contributed by atoms with E-state index in [9.17, 15) is 23.1 Å². The number of anilines is 1. The lowest BCUT2D eigenvalue weighted by Gasteiger charge is -2.14. The number of aromatic carboxylic acids is 1. The molecule has 2 aromatic heterocycles. The highest BCUT2D eigenvalue weighted by Crippen LogP contribution is 2.34. The Kier molecular flexibility index (Phi) is 7.44. The summed E-state index contributed by atoms with van der Waals surface area (Å²) in [5.41, 5.74) is 2.12. The van der Waals surface area contributed by atoms with Crippen molar-refractivity contribution in [1.82, 2.24) is 14.5 Å². The lowest BCUT2D eigenvalue weighted by atomic mass is 10.1. The second kappa shape index (κ2) is 10.6. The van der Waals surface area contributed by atoms with Crippen LogP contribution < -0.4 is 14.8 Å². The summed E-state index contributed by atoms with van der Waals surface area (Å²) in [5, 5.41) is 13.3. The van der Waals surface area contributed by atoms with E-state index in [1.54, 1.807) is 13.2 Å². The number of benzene rings is 2. The number of nitrogens with one attached hydrogen (secondary N) is 1. The molecule has 194 valence electrons. The Hall–Kier alpha value is -3.99. The number of hydrogen-bond donors (Lipinski definition) is 2. The fraction of sp³-hybridized carbons (Fsp3) is 0.240. The normalized spacial score (nSPS) is 11.5. The van der Waals surface area contributed by atoms with Gasteiger partial charge in [-0.15, -0.1) is 0 Å². The zero-order valence-electron chi connectivity index (χ0n) is 19.8. The Morgan fingerprint density at radius 3 is 2.65 bits per heavy atom. The summed E-state index contributed by atoms with van der Waals surface area (Å²) in [6.07, 6.45) is -3.37. The number of methoxy groups -OCH3 is 1. The predicted octanol–water partition coefficient (Wildman–Crippen LogP) is 5.82. The van der Waals surface area contributed by atoms with Crippen molar-refractivity contribution in [3.63, 3.8) is 0 Å². The highest BCUT2D eigenvalue weighted by atomic mass is 35.5. The molecule has 0 spiro atoms. The monoisotopic (exact) mass is 534 g/mol. The zero-order chi connectivity index (χ0) is 26.7. The van der Waals surface area contributed by atoms with Gasteiger partial charge in [-0.05, 0) is 37.3 Å². The van der Waals surface area contributed by atoms with E-state index >= 15 is 0 Å². The van der Waals surface area contributed by atoms with Crippen LogP contribution >= 0.6 is 11.6 Å². The molecule has 0 bridgehead atoms. The quantitative estimate of drug-likeness (QED) is 0.279. The summed E-state index contributed by atoms with van der Waals surface area (Å²) >= 11 is 6.08. The molecule has 8 nitrogen and oxygen atoms in total. The number of fused-ring (bicyclic) bond motifs is 1. The van der Waals surface area contributed by atoms with Crippen LogP contribution in [0.15, 0.2) is 48.8 Å². The highest BCUT2D eigenvalue weighted by Gasteiger charge is 2.30. The fourth-order valence-corrected chi connectivity index (χ4v) is 4.27. The van der Waals surface area contributed by atoms with Gasteiger partial charge in [-0.2, -0.15) is 13.2 Å². The molecule has 0 radical (unpaired) electrons. The molecule has 0 aliphatic rings. The molecule has 37 heavy (non-hydrogen) atoms. The van der Waals surface area contributed by atoms with Crippen LogP contribution in [0.1, 0.15) is 16.1 Å². The average molecular weight is 535 g/mol. The van der Waals surface area contributed by atoms with Crippen molar-refractivity contribution in [3.8, 4) is 22.8 Å². The van der Waals surface area contributed by atoms with Gasteiger partial charge in [-0.3, -0.25) is 0 Å². The molecule has 0 aliphatic carbocycles.